The predicted molar refractivity (Wildman–Crippen MR) is 116 cm³/mol. The molecule has 1 saturated heterocycles. The number of likely N-dealkylation sites (tertiary alicyclic amines) is 1. The van der Waals surface area contributed by atoms with Crippen LogP contribution < -0.4 is 4.74 Å². The maximum Gasteiger partial charge on any atom is 0.227 e. The van der Waals surface area contributed by atoms with Gasteiger partial charge in [0.15, 0.2) is 0 Å². The standard InChI is InChI=1S/C24H25N3O2/c1-25-13-10-24(28)27-14-11-22(12-15-27)29-21-8-6-18(7-9-21)20-16-19-4-2-3-5-23(19)26-17-20/h2-9,13,16-17,22H,10-12,14-15H2,1H3/b25-13+. The normalized spacial score (nSPS) is 15.1. The minimum Gasteiger partial charge on any atom is -0.490 e. The van der Waals surface area contributed by atoms with E-state index in [1.165, 1.54) is 0 Å². The molecule has 0 spiro atoms. The molecule has 2 aromatic carbocycles. The first-order chi connectivity index (χ1) is 14.2. The van der Waals surface area contributed by atoms with E-state index in [-0.39, 0.29) is 12.0 Å². The molecule has 0 saturated carbocycles. The zero-order valence-electron chi connectivity index (χ0n) is 16.6. The molecule has 1 amide bonds. The predicted octanol–water partition coefficient (Wildman–Crippen LogP) is 4.36. The van der Waals surface area contributed by atoms with Crippen LogP contribution in [0.15, 0.2) is 65.8 Å². The number of benzene rings is 2. The summed E-state index contributed by atoms with van der Waals surface area (Å²) in [5.74, 6) is 1.01. The van der Waals surface area contributed by atoms with Crippen molar-refractivity contribution < 1.29 is 9.53 Å². The molecule has 29 heavy (non-hydrogen) atoms. The number of hydrogen-bond acceptors (Lipinski definition) is 4. The van der Waals surface area contributed by atoms with E-state index in [0.29, 0.717) is 6.42 Å². The second-order valence-corrected chi connectivity index (χ2v) is 7.28. The molecule has 5 heteroatoms. The molecule has 2 heterocycles. The van der Waals surface area contributed by atoms with Crippen LogP contribution in [0.5, 0.6) is 5.75 Å². The summed E-state index contributed by atoms with van der Waals surface area (Å²) in [5, 5.41) is 1.14. The summed E-state index contributed by atoms with van der Waals surface area (Å²) in [5.41, 5.74) is 3.22. The Labute approximate surface area is 171 Å². The van der Waals surface area contributed by atoms with Gasteiger partial charge in [-0.25, -0.2) is 0 Å². The van der Waals surface area contributed by atoms with Gasteiger partial charge in [-0.2, -0.15) is 0 Å². The molecular weight excluding hydrogens is 362 g/mol. The monoisotopic (exact) mass is 387 g/mol. The van der Waals surface area contributed by atoms with Gasteiger partial charge in [0.2, 0.25) is 5.91 Å². The highest BCUT2D eigenvalue weighted by Crippen LogP contribution is 2.26. The summed E-state index contributed by atoms with van der Waals surface area (Å²) in [4.78, 5) is 22.4. The van der Waals surface area contributed by atoms with Crippen LogP contribution in [0.1, 0.15) is 19.3 Å². The van der Waals surface area contributed by atoms with Gasteiger partial charge < -0.3 is 14.6 Å². The van der Waals surface area contributed by atoms with E-state index in [4.69, 9.17) is 4.74 Å². The topological polar surface area (TPSA) is 54.8 Å². The lowest BCUT2D eigenvalue weighted by molar-refractivity contribution is -0.131. The van der Waals surface area contributed by atoms with Crippen LogP contribution in [-0.4, -0.2) is 48.2 Å². The van der Waals surface area contributed by atoms with Gasteiger partial charge in [-0.1, -0.05) is 30.3 Å². The number of carbonyl (C=O) groups excluding carboxylic acids is 1. The fraction of sp³-hybridized carbons (Fsp3) is 0.292. The summed E-state index contributed by atoms with van der Waals surface area (Å²) in [7, 11) is 1.69. The minimum atomic E-state index is 0.141. The molecule has 0 radical (unpaired) electrons. The third-order valence-corrected chi connectivity index (χ3v) is 5.32. The zero-order chi connectivity index (χ0) is 20.1. The lowest BCUT2D eigenvalue weighted by Crippen LogP contribution is -2.41. The first-order valence-electron chi connectivity index (χ1n) is 10.0. The lowest BCUT2D eigenvalue weighted by atomic mass is 10.0. The number of ether oxygens (including phenoxy) is 1. The fourth-order valence-corrected chi connectivity index (χ4v) is 3.67. The summed E-state index contributed by atoms with van der Waals surface area (Å²) in [6.07, 6.45) is 5.81. The molecule has 0 aliphatic carbocycles. The number of aliphatic imine (C=N–C) groups is 1. The Balaban J connectivity index is 1.35. The summed E-state index contributed by atoms with van der Waals surface area (Å²) in [6, 6.07) is 18.5. The third-order valence-electron chi connectivity index (χ3n) is 5.32. The van der Waals surface area contributed by atoms with Crippen LogP contribution in [0.25, 0.3) is 22.0 Å². The number of nitrogens with zero attached hydrogens (tertiary/aromatic N) is 3. The number of rotatable bonds is 5. The van der Waals surface area contributed by atoms with Crippen LogP contribution in [0.3, 0.4) is 0 Å². The van der Waals surface area contributed by atoms with Gasteiger partial charge in [-0.3, -0.25) is 9.78 Å². The van der Waals surface area contributed by atoms with Crippen molar-refractivity contribution in [1.82, 2.24) is 9.88 Å². The number of aromatic nitrogens is 1. The van der Waals surface area contributed by atoms with E-state index in [0.717, 1.165) is 53.7 Å². The molecule has 0 unspecified atom stereocenters. The lowest BCUT2D eigenvalue weighted by Gasteiger charge is -2.32. The van der Waals surface area contributed by atoms with Gasteiger partial charge in [0, 0.05) is 56.3 Å². The molecule has 3 aromatic rings. The maximum atomic E-state index is 12.1. The van der Waals surface area contributed by atoms with E-state index in [9.17, 15) is 4.79 Å². The highest BCUT2D eigenvalue weighted by atomic mass is 16.5. The van der Waals surface area contributed by atoms with Crippen molar-refractivity contribution >= 4 is 23.0 Å². The highest BCUT2D eigenvalue weighted by molar-refractivity contribution is 5.89. The van der Waals surface area contributed by atoms with Crippen molar-refractivity contribution in [2.75, 3.05) is 20.1 Å². The number of pyridine rings is 1. The van der Waals surface area contributed by atoms with E-state index in [1.807, 2.05) is 41.4 Å². The first kappa shape index (κ1) is 19.1. The molecule has 1 aliphatic heterocycles. The average molecular weight is 387 g/mol. The van der Waals surface area contributed by atoms with Crippen LogP contribution in [0.2, 0.25) is 0 Å². The van der Waals surface area contributed by atoms with Crippen molar-refractivity contribution in [1.29, 1.82) is 0 Å². The molecule has 0 N–H and O–H groups in total. The van der Waals surface area contributed by atoms with Gasteiger partial charge in [-0.05, 0) is 29.8 Å². The minimum absolute atomic E-state index is 0.141. The van der Waals surface area contributed by atoms with Crippen LogP contribution in [0.4, 0.5) is 0 Å². The molecule has 1 fully saturated rings. The van der Waals surface area contributed by atoms with Crippen molar-refractivity contribution in [3.05, 3.63) is 60.8 Å². The van der Waals surface area contributed by atoms with E-state index in [2.05, 4.69) is 34.2 Å². The van der Waals surface area contributed by atoms with Crippen molar-refractivity contribution in [3.63, 3.8) is 0 Å². The van der Waals surface area contributed by atoms with Crippen molar-refractivity contribution in [3.8, 4) is 16.9 Å². The Bertz CT molecular complexity index is 1010. The summed E-state index contributed by atoms with van der Waals surface area (Å²) < 4.78 is 6.15. The largest absolute Gasteiger partial charge is 0.490 e. The second-order valence-electron chi connectivity index (χ2n) is 7.28. The summed E-state index contributed by atoms with van der Waals surface area (Å²) >= 11 is 0. The van der Waals surface area contributed by atoms with Crippen molar-refractivity contribution in [2.24, 2.45) is 4.99 Å². The molecule has 1 aliphatic rings. The third kappa shape index (κ3) is 4.62. The quantitative estimate of drug-likeness (QED) is 0.611. The number of amides is 1. The maximum absolute atomic E-state index is 12.1. The zero-order valence-corrected chi connectivity index (χ0v) is 16.6. The highest BCUT2D eigenvalue weighted by Gasteiger charge is 2.23. The molecule has 5 nitrogen and oxygen atoms in total. The van der Waals surface area contributed by atoms with Crippen LogP contribution in [0, 0.1) is 0 Å². The van der Waals surface area contributed by atoms with Gasteiger partial charge in [-0.15, -0.1) is 0 Å². The molecule has 0 bridgehead atoms. The summed E-state index contributed by atoms with van der Waals surface area (Å²) in [6.45, 7) is 1.48. The number of fused-ring (bicyclic) bond motifs is 1. The Hall–Kier alpha value is -3.21. The number of hydrogen-bond donors (Lipinski definition) is 0. The first-order valence-corrected chi connectivity index (χ1v) is 10.0. The average Bonchev–Trinajstić information content (AvgIpc) is 2.78. The van der Waals surface area contributed by atoms with E-state index < -0.39 is 0 Å². The number of para-hydroxylation sites is 1. The fourth-order valence-electron chi connectivity index (χ4n) is 3.67. The Morgan fingerprint density at radius 3 is 2.66 bits per heavy atom. The van der Waals surface area contributed by atoms with Crippen molar-refractivity contribution in [2.45, 2.75) is 25.4 Å². The van der Waals surface area contributed by atoms with Gasteiger partial charge >= 0.3 is 0 Å². The van der Waals surface area contributed by atoms with Gasteiger partial charge in [0.1, 0.15) is 11.9 Å². The smallest absolute Gasteiger partial charge is 0.227 e. The van der Waals surface area contributed by atoms with Gasteiger partial charge in [0.25, 0.3) is 0 Å². The molecule has 0 atom stereocenters. The Morgan fingerprint density at radius 2 is 1.90 bits per heavy atom. The van der Waals surface area contributed by atoms with E-state index >= 15 is 0 Å². The SMILES string of the molecule is C/N=C/CC(=O)N1CCC(Oc2ccc(-c3cnc4ccccc4c3)cc2)CC1. The van der Waals surface area contributed by atoms with Crippen LogP contribution >= 0.6 is 0 Å². The second kappa shape index (κ2) is 8.86. The Kier molecular flexibility index (Phi) is 5.84. The number of piperidine rings is 1. The van der Waals surface area contributed by atoms with E-state index in [1.54, 1.807) is 13.3 Å². The Morgan fingerprint density at radius 1 is 1.14 bits per heavy atom. The van der Waals surface area contributed by atoms with Gasteiger partial charge in [0.05, 0.1) is 11.9 Å². The van der Waals surface area contributed by atoms with Crippen LogP contribution in [-0.2, 0) is 4.79 Å². The molecule has 4 rings (SSSR count). The molecular formula is C24H25N3O2. The molecule has 1 aromatic heterocycles. The number of carbonyl (C=O) groups is 1. The molecule has 148 valence electrons.